The van der Waals surface area contributed by atoms with E-state index in [1.165, 1.54) is 0 Å². The molecule has 2 aromatic rings. The first-order valence-electron chi connectivity index (χ1n) is 6.65. The second kappa shape index (κ2) is 6.40. The van der Waals surface area contributed by atoms with Crippen LogP contribution >= 0.6 is 0 Å². The Morgan fingerprint density at radius 3 is 3.00 bits per heavy atom. The number of hydrogen-bond donors (Lipinski definition) is 1. The number of rotatable bonds is 7. The normalized spacial score (nSPS) is 11.0. The van der Waals surface area contributed by atoms with Gasteiger partial charge in [0.25, 0.3) is 0 Å². The zero-order valence-electron chi connectivity index (χ0n) is 11.1. The average Bonchev–Trinajstić information content (AvgIpc) is 2.98. The molecule has 0 spiro atoms. The molecular weight excluding hydrogens is 226 g/mol. The van der Waals surface area contributed by atoms with Gasteiger partial charge in [-0.3, -0.25) is 4.68 Å². The van der Waals surface area contributed by atoms with Gasteiger partial charge < -0.3 is 9.73 Å². The predicted octanol–water partition coefficient (Wildman–Crippen LogP) is 3.05. The van der Waals surface area contributed by atoms with E-state index in [1.807, 2.05) is 16.9 Å². The molecule has 98 valence electrons. The third kappa shape index (κ3) is 3.01. The summed E-state index contributed by atoms with van der Waals surface area (Å²) in [4.78, 5) is 0. The fourth-order valence-corrected chi connectivity index (χ4v) is 1.97. The molecule has 2 heterocycles. The van der Waals surface area contributed by atoms with E-state index >= 15 is 0 Å². The lowest BCUT2D eigenvalue weighted by atomic mass is 10.1. The first-order chi connectivity index (χ1) is 8.85. The summed E-state index contributed by atoms with van der Waals surface area (Å²) in [5, 5.41) is 7.71. The topological polar surface area (TPSA) is 43.0 Å². The number of aromatic nitrogens is 2. The molecule has 4 heteroatoms. The van der Waals surface area contributed by atoms with Crippen molar-refractivity contribution < 1.29 is 4.42 Å². The highest BCUT2D eigenvalue weighted by Gasteiger charge is 2.10. The van der Waals surface area contributed by atoms with E-state index in [9.17, 15) is 0 Å². The Bertz CT molecular complexity index is 473. The monoisotopic (exact) mass is 247 g/mol. The van der Waals surface area contributed by atoms with Crippen molar-refractivity contribution in [2.24, 2.45) is 0 Å². The second-order valence-corrected chi connectivity index (χ2v) is 4.43. The van der Waals surface area contributed by atoms with Crippen LogP contribution in [0.5, 0.6) is 0 Å². The second-order valence-electron chi connectivity index (χ2n) is 4.43. The Labute approximate surface area is 108 Å². The minimum atomic E-state index is 0.773. The van der Waals surface area contributed by atoms with Crippen LogP contribution in [0.15, 0.2) is 29.1 Å². The molecule has 0 aromatic carbocycles. The molecule has 0 saturated carbocycles. The molecule has 2 rings (SSSR count). The van der Waals surface area contributed by atoms with Crippen molar-refractivity contribution in [3.8, 4) is 11.1 Å². The Kier molecular flexibility index (Phi) is 4.59. The molecule has 2 aromatic heterocycles. The molecule has 0 radical (unpaired) electrons. The largest absolute Gasteiger partial charge is 0.467 e. The van der Waals surface area contributed by atoms with E-state index in [2.05, 4.69) is 30.5 Å². The highest BCUT2D eigenvalue weighted by atomic mass is 16.3. The standard InChI is InChI=1S/C14H21N3O/c1-3-6-15-10-14-13(5-8-18-14)12-9-16-17(11-12)7-4-2/h5,8-9,11,15H,3-4,6-7,10H2,1-2H3. The van der Waals surface area contributed by atoms with E-state index in [-0.39, 0.29) is 0 Å². The van der Waals surface area contributed by atoms with Gasteiger partial charge in [-0.05, 0) is 25.5 Å². The van der Waals surface area contributed by atoms with Crippen molar-refractivity contribution in [3.63, 3.8) is 0 Å². The minimum Gasteiger partial charge on any atom is -0.467 e. The van der Waals surface area contributed by atoms with Crippen molar-refractivity contribution in [2.75, 3.05) is 6.54 Å². The molecule has 0 aliphatic heterocycles. The quantitative estimate of drug-likeness (QED) is 0.765. The average molecular weight is 247 g/mol. The van der Waals surface area contributed by atoms with E-state index in [4.69, 9.17) is 4.42 Å². The maximum atomic E-state index is 5.54. The smallest absolute Gasteiger partial charge is 0.125 e. The Morgan fingerprint density at radius 1 is 1.33 bits per heavy atom. The Balaban J connectivity index is 2.09. The summed E-state index contributed by atoms with van der Waals surface area (Å²) in [6.07, 6.45) is 7.96. The highest BCUT2D eigenvalue weighted by Crippen LogP contribution is 2.24. The summed E-state index contributed by atoms with van der Waals surface area (Å²) in [6, 6.07) is 2.01. The fraction of sp³-hybridized carbons (Fsp3) is 0.500. The van der Waals surface area contributed by atoms with E-state index in [0.29, 0.717) is 0 Å². The highest BCUT2D eigenvalue weighted by molar-refractivity contribution is 5.63. The summed E-state index contributed by atoms with van der Waals surface area (Å²) >= 11 is 0. The predicted molar refractivity (Wildman–Crippen MR) is 72.2 cm³/mol. The number of nitrogens with zero attached hydrogens (tertiary/aromatic N) is 2. The molecule has 0 amide bonds. The molecule has 0 bridgehead atoms. The van der Waals surface area contributed by atoms with Crippen LogP contribution in [0.4, 0.5) is 0 Å². The first-order valence-corrected chi connectivity index (χ1v) is 6.65. The lowest BCUT2D eigenvalue weighted by molar-refractivity contribution is 0.484. The maximum Gasteiger partial charge on any atom is 0.125 e. The molecule has 0 saturated heterocycles. The van der Waals surface area contributed by atoms with Crippen LogP contribution in [-0.4, -0.2) is 16.3 Å². The summed E-state index contributed by atoms with van der Waals surface area (Å²) in [6.45, 7) is 7.05. The van der Waals surface area contributed by atoms with Crippen molar-refractivity contribution in [1.29, 1.82) is 0 Å². The Morgan fingerprint density at radius 2 is 2.22 bits per heavy atom. The van der Waals surface area contributed by atoms with Gasteiger partial charge >= 0.3 is 0 Å². The van der Waals surface area contributed by atoms with Crippen molar-refractivity contribution in [2.45, 2.75) is 39.8 Å². The van der Waals surface area contributed by atoms with Gasteiger partial charge in [-0.2, -0.15) is 5.10 Å². The SMILES string of the molecule is CCCNCc1occc1-c1cnn(CCC)c1. The molecular formula is C14H21N3O. The third-order valence-electron chi connectivity index (χ3n) is 2.85. The van der Waals surface area contributed by atoms with E-state index in [0.717, 1.165) is 49.4 Å². The van der Waals surface area contributed by atoms with Gasteiger partial charge in [-0.15, -0.1) is 0 Å². The van der Waals surface area contributed by atoms with Gasteiger partial charge in [-0.1, -0.05) is 13.8 Å². The Hall–Kier alpha value is -1.55. The molecule has 0 aliphatic rings. The number of nitrogens with one attached hydrogen (secondary N) is 1. The van der Waals surface area contributed by atoms with Crippen LogP contribution < -0.4 is 5.32 Å². The molecule has 4 nitrogen and oxygen atoms in total. The zero-order valence-corrected chi connectivity index (χ0v) is 11.1. The summed E-state index contributed by atoms with van der Waals surface area (Å²) < 4.78 is 7.51. The molecule has 0 fully saturated rings. The van der Waals surface area contributed by atoms with E-state index in [1.54, 1.807) is 6.26 Å². The molecule has 18 heavy (non-hydrogen) atoms. The molecule has 0 unspecified atom stereocenters. The summed E-state index contributed by atoms with van der Waals surface area (Å²) in [7, 11) is 0. The minimum absolute atomic E-state index is 0.773. The van der Waals surface area contributed by atoms with Gasteiger partial charge in [0.2, 0.25) is 0 Å². The number of aryl methyl sites for hydroxylation is 1. The van der Waals surface area contributed by atoms with Crippen LogP contribution in [0.25, 0.3) is 11.1 Å². The van der Waals surface area contributed by atoms with Crippen LogP contribution in [0.3, 0.4) is 0 Å². The lowest BCUT2D eigenvalue weighted by Crippen LogP contribution is -2.13. The van der Waals surface area contributed by atoms with Crippen LogP contribution in [0.2, 0.25) is 0 Å². The van der Waals surface area contributed by atoms with Gasteiger partial charge in [-0.25, -0.2) is 0 Å². The maximum absolute atomic E-state index is 5.54. The molecule has 1 N–H and O–H groups in total. The van der Waals surface area contributed by atoms with Crippen LogP contribution in [0, 0.1) is 0 Å². The van der Waals surface area contributed by atoms with Gasteiger partial charge in [0, 0.05) is 23.9 Å². The van der Waals surface area contributed by atoms with Crippen LogP contribution in [0.1, 0.15) is 32.4 Å². The van der Waals surface area contributed by atoms with Crippen molar-refractivity contribution in [1.82, 2.24) is 15.1 Å². The van der Waals surface area contributed by atoms with Crippen molar-refractivity contribution >= 4 is 0 Å². The van der Waals surface area contributed by atoms with Gasteiger partial charge in [0.15, 0.2) is 0 Å². The number of furan rings is 1. The lowest BCUT2D eigenvalue weighted by Gasteiger charge is -2.02. The summed E-state index contributed by atoms with van der Waals surface area (Å²) in [5.74, 6) is 0.986. The van der Waals surface area contributed by atoms with Crippen LogP contribution in [-0.2, 0) is 13.1 Å². The van der Waals surface area contributed by atoms with Gasteiger partial charge in [0.1, 0.15) is 5.76 Å². The van der Waals surface area contributed by atoms with E-state index < -0.39 is 0 Å². The summed E-state index contributed by atoms with van der Waals surface area (Å²) in [5.41, 5.74) is 2.27. The fourth-order valence-electron chi connectivity index (χ4n) is 1.97. The molecule has 0 atom stereocenters. The van der Waals surface area contributed by atoms with Gasteiger partial charge in [0.05, 0.1) is 19.0 Å². The first kappa shape index (κ1) is 12.9. The molecule has 0 aliphatic carbocycles. The number of hydrogen-bond acceptors (Lipinski definition) is 3. The third-order valence-corrected chi connectivity index (χ3v) is 2.85. The van der Waals surface area contributed by atoms with Crippen molar-refractivity contribution in [3.05, 3.63) is 30.5 Å². The zero-order chi connectivity index (χ0) is 12.8.